The Morgan fingerprint density at radius 3 is 1.42 bits per heavy atom. The summed E-state index contributed by atoms with van der Waals surface area (Å²) in [4.78, 5) is 4.94. The third-order valence-corrected chi connectivity index (χ3v) is 17.5. The molecule has 0 unspecified atom stereocenters. The Kier molecular flexibility index (Phi) is 16.4. The molecule has 11 rings (SSSR count). The molecular weight excluding hydrogens is 1250 g/mol. The summed E-state index contributed by atoms with van der Waals surface area (Å²) >= 11 is 0. The number of para-hydroxylation sites is 1. The van der Waals surface area contributed by atoms with Crippen LogP contribution in [0.25, 0.3) is 83.4 Å². The molecule has 0 radical (unpaired) electrons. The van der Waals surface area contributed by atoms with E-state index in [0.29, 0.717) is 11.5 Å². The van der Waals surface area contributed by atoms with E-state index in [9.17, 15) is 0 Å². The first-order chi connectivity index (χ1) is 40.5. The number of pyridine rings is 1. The second-order valence-electron chi connectivity index (χ2n) is 31.7. The van der Waals surface area contributed by atoms with Crippen molar-refractivity contribution in [2.24, 2.45) is 0 Å². The van der Waals surface area contributed by atoms with Gasteiger partial charge in [0, 0.05) is 44.3 Å². The molecule has 3 heterocycles. The molecule has 0 fully saturated rings. The van der Waals surface area contributed by atoms with Crippen molar-refractivity contribution in [2.45, 2.75) is 183 Å². The van der Waals surface area contributed by atoms with Crippen molar-refractivity contribution >= 4 is 32.8 Å². The van der Waals surface area contributed by atoms with Crippen molar-refractivity contribution in [1.29, 1.82) is 0 Å². The molecule has 6 heteroatoms. The molecule has 5 nitrogen and oxygen atoms in total. The number of rotatable bonds is 8. The van der Waals surface area contributed by atoms with E-state index in [0.717, 1.165) is 72.3 Å². The maximum absolute atomic E-state index is 6.92. The first-order valence-corrected chi connectivity index (χ1v) is 31.3. The Morgan fingerprint density at radius 2 is 0.886 bits per heavy atom. The minimum absolute atomic E-state index is 0. The van der Waals surface area contributed by atoms with Crippen LogP contribution >= 0.6 is 0 Å². The largest absolute Gasteiger partial charge is 0.510 e. The molecule has 456 valence electrons. The Balaban J connectivity index is 0.00000855. The monoisotopic (exact) mass is 1340 g/mol. The van der Waals surface area contributed by atoms with Gasteiger partial charge < -0.3 is 13.9 Å². The number of ether oxygens (including phenoxy) is 1. The number of benzene rings is 8. The molecule has 8 aromatic carbocycles. The van der Waals surface area contributed by atoms with Gasteiger partial charge in [-0.2, -0.15) is 18.2 Å². The maximum atomic E-state index is 6.92. The SMILES string of the molecule is CC(C)(C)c1ccc(-c2ccc3c(c2)n(-c2[c-]c(Oc4[c-]c5c(cc4)c4ccccc4n5-c4cc(C(C)(C)C)ccn4)ccc2)[c-][n+]3-c2c(-c3cc(C(C)(C)C)cc(C(C)(C)C)c3)cc(C(C)(C)C)cc2-c2cc(C(C)(C)C)cc(C(C)(C)C)c2)cc1.[Pt]. The fraction of sp³-hybridized carbons (Fsp3) is 0.341. The fourth-order valence-corrected chi connectivity index (χ4v) is 11.8. The molecule has 0 saturated heterocycles. The minimum atomic E-state index is -0.188. The predicted octanol–water partition coefficient (Wildman–Crippen LogP) is 21.7. The van der Waals surface area contributed by atoms with Crippen LogP contribution in [0, 0.1) is 18.5 Å². The number of aromatic nitrogens is 4. The number of nitrogens with zero attached hydrogens (tertiary/aromatic N) is 4. The van der Waals surface area contributed by atoms with Crippen LogP contribution in [0.5, 0.6) is 11.5 Å². The van der Waals surface area contributed by atoms with Gasteiger partial charge in [-0.3, -0.25) is 4.57 Å². The van der Waals surface area contributed by atoms with E-state index < -0.39 is 0 Å². The van der Waals surface area contributed by atoms with Crippen molar-refractivity contribution in [3.63, 3.8) is 0 Å². The van der Waals surface area contributed by atoms with E-state index >= 15 is 0 Å². The molecule has 0 aliphatic carbocycles. The second-order valence-corrected chi connectivity index (χ2v) is 31.7. The van der Waals surface area contributed by atoms with Crippen LogP contribution in [-0.2, 0) is 59.0 Å². The van der Waals surface area contributed by atoms with E-state index in [1.54, 1.807) is 0 Å². The molecule has 0 bridgehead atoms. The summed E-state index contributed by atoms with van der Waals surface area (Å²) in [6.07, 6.45) is 6.00. The smallest absolute Gasteiger partial charge is 0.268 e. The van der Waals surface area contributed by atoms with Crippen LogP contribution in [0.1, 0.15) is 184 Å². The molecule has 0 aliphatic heterocycles. The van der Waals surface area contributed by atoms with Crippen molar-refractivity contribution in [3.05, 3.63) is 221 Å². The zero-order valence-corrected chi connectivity index (χ0v) is 58.4. The molecule has 0 aliphatic rings. The van der Waals surface area contributed by atoms with Gasteiger partial charge in [-0.15, -0.1) is 29.7 Å². The van der Waals surface area contributed by atoms with Gasteiger partial charge in [0.25, 0.3) is 6.33 Å². The van der Waals surface area contributed by atoms with Gasteiger partial charge in [0.2, 0.25) is 0 Å². The molecule has 0 amide bonds. The number of hydrogen-bond acceptors (Lipinski definition) is 2. The predicted molar refractivity (Wildman–Crippen MR) is 367 cm³/mol. The Morgan fingerprint density at radius 1 is 0.386 bits per heavy atom. The Labute approximate surface area is 540 Å². The number of fused-ring (bicyclic) bond motifs is 4. The topological polar surface area (TPSA) is 35.9 Å². The van der Waals surface area contributed by atoms with Crippen molar-refractivity contribution in [1.82, 2.24) is 14.1 Å². The van der Waals surface area contributed by atoms with Gasteiger partial charge in [-0.1, -0.05) is 254 Å². The average Bonchev–Trinajstić information content (AvgIpc) is 1.49. The first-order valence-electron chi connectivity index (χ1n) is 31.3. The van der Waals surface area contributed by atoms with Crippen LogP contribution in [0.4, 0.5) is 0 Å². The molecule has 3 aromatic heterocycles. The van der Waals surface area contributed by atoms with Crippen LogP contribution in [0.15, 0.2) is 164 Å². The van der Waals surface area contributed by atoms with E-state index in [2.05, 4.69) is 323 Å². The number of hydrogen-bond donors (Lipinski definition) is 0. The van der Waals surface area contributed by atoms with Crippen LogP contribution in [0.3, 0.4) is 0 Å². The quantitative estimate of drug-likeness (QED) is 0.112. The van der Waals surface area contributed by atoms with E-state index in [1.807, 2.05) is 18.3 Å². The summed E-state index contributed by atoms with van der Waals surface area (Å²) in [5.74, 6) is 1.99. The summed E-state index contributed by atoms with van der Waals surface area (Å²) in [5, 5.41) is 2.21. The maximum Gasteiger partial charge on any atom is 0.268 e. The van der Waals surface area contributed by atoms with Crippen molar-refractivity contribution in [2.75, 3.05) is 0 Å². The van der Waals surface area contributed by atoms with Crippen LogP contribution in [0.2, 0.25) is 0 Å². The minimum Gasteiger partial charge on any atom is -0.510 e. The van der Waals surface area contributed by atoms with Crippen LogP contribution in [-0.4, -0.2) is 14.1 Å². The Bertz CT molecular complexity index is 4280. The normalized spacial score (nSPS) is 13.0. The van der Waals surface area contributed by atoms with Gasteiger partial charge in [-0.05, 0) is 146 Å². The average molecular weight is 1340 g/mol. The van der Waals surface area contributed by atoms with Gasteiger partial charge in [0.05, 0.1) is 16.7 Å². The summed E-state index contributed by atoms with van der Waals surface area (Å²) in [6, 6.07) is 66.3. The van der Waals surface area contributed by atoms with E-state index in [1.165, 1.54) is 50.1 Å². The molecule has 0 atom stereocenters. The van der Waals surface area contributed by atoms with Gasteiger partial charge in [-0.25, -0.2) is 4.98 Å². The second kappa shape index (κ2) is 22.6. The molecule has 0 N–H and O–H groups in total. The third-order valence-electron chi connectivity index (χ3n) is 17.5. The molecule has 11 aromatic rings. The first kappa shape index (κ1) is 63.7. The summed E-state index contributed by atoms with van der Waals surface area (Å²) in [5.41, 5.74) is 21.1. The molecule has 88 heavy (non-hydrogen) atoms. The molecule has 0 saturated carbocycles. The fourth-order valence-electron chi connectivity index (χ4n) is 11.8. The number of imidazole rings is 1. The summed E-state index contributed by atoms with van der Waals surface area (Å²) < 4.78 is 13.7. The zero-order valence-electron chi connectivity index (χ0n) is 56.1. The standard InChI is InChI=1S/C82H90N4O.Pt/c1-76(2,3)56-32-29-52(30-33-56)53-31-36-71-73(43-53)84(63-25-24-26-64(49-63)87-65-34-35-67-66-27-22-23-28-70(66)86(72(67)50-65)74-48-57(37-38-83-74)77(4,5)6)51-85(71)75-68(54-39-58(78(7,8)9)44-59(40-54)79(10,11)12)46-62(82(19,20)21)47-69(75)55-41-60(80(13,14)15)45-61(42-55)81(16,17)18;/h22-48H,1-21H3;/q-2;. The summed E-state index contributed by atoms with van der Waals surface area (Å²) in [7, 11) is 0. The van der Waals surface area contributed by atoms with E-state index in [4.69, 9.17) is 9.72 Å². The van der Waals surface area contributed by atoms with E-state index in [-0.39, 0.29) is 59.0 Å². The molecule has 0 spiro atoms. The van der Waals surface area contributed by atoms with Crippen LogP contribution < -0.4 is 9.30 Å². The van der Waals surface area contributed by atoms with Gasteiger partial charge in [0.15, 0.2) is 0 Å². The van der Waals surface area contributed by atoms with Crippen molar-refractivity contribution < 1.29 is 30.4 Å². The third kappa shape index (κ3) is 12.7. The van der Waals surface area contributed by atoms with Crippen molar-refractivity contribution in [3.8, 4) is 62.1 Å². The Hall–Kier alpha value is -7.33. The molecular formula is C82H90N4OPt-2. The zero-order chi connectivity index (χ0) is 62.7. The summed E-state index contributed by atoms with van der Waals surface area (Å²) in [6.45, 7) is 48.6. The van der Waals surface area contributed by atoms with Gasteiger partial charge >= 0.3 is 0 Å². The van der Waals surface area contributed by atoms with Gasteiger partial charge in [0.1, 0.15) is 5.82 Å².